The van der Waals surface area contributed by atoms with Crippen molar-refractivity contribution in [1.29, 1.82) is 0 Å². The fourth-order valence-corrected chi connectivity index (χ4v) is 2.71. The van der Waals surface area contributed by atoms with Crippen LogP contribution in [0.5, 0.6) is 0 Å². The van der Waals surface area contributed by atoms with Crippen LogP contribution in [0, 0.1) is 0 Å². The number of nitrogens with one attached hydrogen (secondary N) is 1. The molecule has 0 radical (unpaired) electrons. The number of benzene rings is 1. The first kappa shape index (κ1) is 10.4. The summed E-state index contributed by atoms with van der Waals surface area (Å²) in [5.41, 5.74) is 2.42. The maximum absolute atomic E-state index is 5.96. The molecule has 84 valence electrons. The zero-order chi connectivity index (χ0) is 11.1. The molecule has 1 aliphatic carbocycles. The Balaban J connectivity index is 2.24. The van der Waals surface area contributed by atoms with Gasteiger partial charge in [0.25, 0.3) is 0 Å². The van der Waals surface area contributed by atoms with Crippen LogP contribution < -0.4 is 5.32 Å². The van der Waals surface area contributed by atoms with Crippen LogP contribution in [-0.2, 0) is 6.54 Å². The molecule has 2 nitrogen and oxygen atoms in total. The van der Waals surface area contributed by atoms with Crippen LogP contribution in [0.2, 0.25) is 0 Å². The Hall–Kier alpha value is -0.800. The molecule has 16 heavy (non-hydrogen) atoms. The molecule has 1 N–H and O–H groups in total. The lowest BCUT2D eigenvalue weighted by atomic mass is 10.1. The van der Waals surface area contributed by atoms with Crippen LogP contribution in [0.15, 0.2) is 27.1 Å². The number of fused-ring (bicyclic) bond motifs is 1. The zero-order valence-corrected chi connectivity index (χ0v) is 10.8. The molecule has 0 unspecified atom stereocenters. The van der Waals surface area contributed by atoms with Gasteiger partial charge in [0.1, 0.15) is 11.3 Å². The summed E-state index contributed by atoms with van der Waals surface area (Å²) in [6, 6.07) is 6.28. The topological polar surface area (TPSA) is 25.2 Å². The van der Waals surface area contributed by atoms with Gasteiger partial charge in [-0.15, -0.1) is 0 Å². The Morgan fingerprint density at radius 1 is 1.44 bits per heavy atom. The average Bonchev–Trinajstić information content (AvgIpc) is 3.02. The highest BCUT2D eigenvalue weighted by atomic mass is 79.9. The largest absolute Gasteiger partial charge is 0.458 e. The van der Waals surface area contributed by atoms with Crippen molar-refractivity contribution in [1.82, 2.24) is 5.32 Å². The molecule has 0 bridgehead atoms. The Morgan fingerprint density at radius 3 is 2.94 bits per heavy atom. The van der Waals surface area contributed by atoms with Crippen LogP contribution in [0.1, 0.15) is 30.1 Å². The van der Waals surface area contributed by atoms with E-state index in [0.717, 1.165) is 28.3 Å². The summed E-state index contributed by atoms with van der Waals surface area (Å²) in [5, 5.41) is 4.46. The summed E-state index contributed by atoms with van der Waals surface area (Å²) in [6.45, 7) is 0.812. The van der Waals surface area contributed by atoms with E-state index in [2.05, 4.69) is 33.4 Å². The summed E-state index contributed by atoms with van der Waals surface area (Å²) in [7, 11) is 1.96. The van der Waals surface area contributed by atoms with Gasteiger partial charge in [-0.3, -0.25) is 0 Å². The molecular weight excluding hydrogens is 266 g/mol. The lowest BCUT2D eigenvalue weighted by Gasteiger charge is -1.99. The van der Waals surface area contributed by atoms with Crippen molar-refractivity contribution in [2.75, 3.05) is 7.05 Å². The van der Waals surface area contributed by atoms with E-state index < -0.39 is 0 Å². The normalized spacial score (nSPS) is 15.9. The minimum absolute atomic E-state index is 0.721. The first-order chi connectivity index (χ1) is 7.81. The standard InChI is InChI=1S/C13H14BrNO/c1-15-7-11-12(8-5-6-8)9-3-2-4-10(14)13(9)16-11/h2-4,8,15H,5-7H2,1H3. The highest BCUT2D eigenvalue weighted by Gasteiger charge is 2.30. The van der Waals surface area contributed by atoms with Gasteiger partial charge in [-0.05, 0) is 47.8 Å². The third kappa shape index (κ3) is 1.59. The molecule has 3 rings (SSSR count). The SMILES string of the molecule is CNCc1oc2c(Br)cccc2c1C1CC1. The van der Waals surface area contributed by atoms with Crippen molar-refractivity contribution >= 4 is 26.9 Å². The minimum atomic E-state index is 0.721. The van der Waals surface area contributed by atoms with Gasteiger partial charge in [0.2, 0.25) is 0 Å². The Labute approximate surface area is 103 Å². The number of para-hydroxylation sites is 1. The Kier molecular flexibility index (Phi) is 2.52. The van der Waals surface area contributed by atoms with Gasteiger partial charge in [-0.2, -0.15) is 0 Å². The summed E-state index contributed by atoms with van der Waals surface area (Å²) in [4.78, 5) is 0. The minimum Gasteiger partial charge on any atom is -0.458 e. The highest BCUT2D eigenvalue weighted by Crippen LogP contribution is 2.47. The molecular formula is C13H14BrNO. The second-order valence-electron chi connectivity index (χ2n) is 4.36. The third-order valence-electron chi connectivity index (χ3n) is 3.11. The van der Waals surface area contributed by atoms with E-state index in [9.17, 15) is 0 Å². The van der Waals surface area contributed by atoms with E-state index in [1.807, 2.05) is 13.1 Å². The van der Waals surface area contributed by atoms with E-state index in [1.165, 1.54) is 23.8 Å². The van der Waals surface area contributed by atoms with Gasteiger partial charge in [0.15, 0.2) is 0 Å². The van der Waals surface area contributed by atoms with Crippen molar-refractivity contribution in [2.45, 2.75) is 25.3 Å². The molecule has 1 saturated carbocycles. The lowest BCUT2D eigenvalue weighted by molar-refractivity contribution is 0.523. The quantitative estimate of drug-likeness (QED) is 0.925. The van der Waals surface area contributed by atoms with E-state index >= 15 is 0 Å². The monoisotopic (exact) mass is 279 g/mol. The first-order valence-corrected chi connectivity index (χ1v) is 6.45. The van der Waals surface area contributed by atoms with Gasteiger partial charge in [-0.25, -0.2) is 0 Å². The maximum atomic E-state index is 5.96. The molecule has 0 amide bonds. The van der Waals surface area contributed by atoms with Crippen molar-refractivity contribution in [3.63, 3.8) is 0 Å². The van der Waals surface area contributed by atoms with Gasteiger partial charge in [0, 0.05) is 10.9 Å². The highest BCUT2D eigenvalue weighted by molar-refractivity contribution is 9.10. The molecule has 1 aliphatic rings. The molecule has 1 heterocycles. The van der Waals surface area contributed by atoms with E-state index in [0.29, 0.717) is 0 Å². The number of furan rings is 1. The van der Waals surface area contributed by atoms with Crippen LogP contribution in [0.25, 0.3) is 11.0 Å². The molecule has 2 aromatic rings. The second-order valence-corrected chi connectivity index (χ2v) is 5.21. The predicted molar refractivity (Wildman–Crippen MR) is 68.7 cm³/mol. The van der Waals surface area contributed by atoms with Crippen molar-refractivity contribution in [3.8, 4) is 0 Å². The van der Waals surface area contributed by atoms with E-state index in [-0.39, 0.29) is 0 Å². The molecule has 0 atom stereocenters. The van der Waals surface area contributed by atoms with Crippen LogP contribution in [-0.4, -0.2) is 7.05 Å². The predicted octanol–water partition coefficient (Wildman–Crippen LogP) is 3.79. The molecule has 0 aliphatic heterocycles. The van der Waals surface area contributed by atoms with Crippen molar-refractivity contribution < 1.29 is 4.42 Å². The van der Waals surface area contributed by atoms with E-state index in [1.54, 1.807) is 0 Å². The fourth-order valence-electron chi connectivity index (χ4n) is 2.26. The molecule has 1 aromatic carbocycles. The number of hydrogen-bond donors (Lipinski definition) is 1. The summed E-state index contributed by atoms with van der Waals surface area (Å²) >= 11 is 3.55. The van der Waals surface area contributed by atoms with Crippen LogP contribution in [0.3, 0.4) is 0 Å². The van der Waals surface area contributed by atoms with Crippen LogP contribution >= 0.6 is 15.9 Å². The molecule has 1 fully saturated rings. The zero-order valence-electron chi connectivity index (χ0n) is 9.22. The Bertz CT molecular complexity index is 528. The van der Waals surface area contributed by atoms with Gasteiger partial charge >= 0.3 is 0 Å². The lowest BCUT2D eigenvalue weighted by Crippen LogP contribution is -2.05. The van der Waals surface area contributed by atoms with Crippen molar-refractivity contribution in [3.05, 3.63) is 34.0 Å². The van der Waals surface area contributed by atoms with Gasteiger partial charge in [-0.1, -0.05) is 12.1 Å². The molecule has 0 saturated heterocycles. The molecule has 3 heteroatoms. The molecule has 1 aromatic heterocycles. The number of halogens is 1. The van der Waals surface area contributed by atoms with Crippen LogP contribution in [0.4, 0.5) is 0 Å². The number of hydrogen-bond acceptors (Lipinski definition) is 2. The smallest absolute Gasteiger partial charge is 0.148 e. The summed E-state index contributed by atoms with van der Waals surface area (Å²) in [5.74, 6) is 1.82. The Morgan fingerprint density at radius 2 is 2.25 bits per heavy atom. The third-order valence-corrected chi connectivity index (χ3v) is 3.73. The van der Waals surface area contributed by atoms with Crippen molar-refractivity contribution in [2.24, 2.45) is 0 Å². The summed E-state index contributed by atoms with van der Waals surface area (Å²) < 4.78 is 7.01. The number of rotatable bonds is 3. The van der Waals surface area contributed by atoms with E-state index in [4.69, 9.17) is 4.42 Å². The molecule has 0 spiro atoms. The first-order valence-electron chi connectivity index (χ1n) is 5.65. The van der Waals surface area contributed by atoms with Gasteiger partial charge < -0.3 is 9.73 Å². The summed E-state index contributed by atoms with van der Waals surface area (Å²) in [6.07, 6.45) is 2.61. The fraction of sp³-hybridized carbons (Fsp3) is 0.385. The second kappa shape index (κ2) is 3.90. The average molecular weight is 280 g/mol. The van der Waals surface area contributed by atoms with Gasteiger partial charge in [0.05, 0.1) is 11.0 Å². The maximum Gasteiger partial charge on any atom is 0.148 e.